The van der Waals surface area contributed by atoms with Crippen LogP contribution in [0.15, 0.2) is 29.4 Å². The second kappa shape index (κ2) is 4.13. The lowest BCUT2D eigenvalue weighted by atomic mass is 9.77. The van der Waals surface area contributed by atoms with E-state index in [1.165, 1.54) is 0 Å². The quantitative estimate of drug-likeness (QED) is 0.678. The van der Waals surface area contributed by atoms with Gasteiger partial charge in [-0.25, -0.2) is 0 Å². The van der Waals surface area contributed by atoms with Gasteiger partial charge in [0.15, 0.2) is 0 Å². The SMILES string of the molecule is CC(C)(C)C(C)(C)N=Cc1ccccn1. The first-order valence-corrected chi connectivity index (χ1v) is 5.29. The van der Waals surface area contributed by atoms with Crippen LogP contribution in [0.4, 0.5) is 0 Å². The zero-order valence-electron chi connectivity index (χ0n) is 10.3. The van der Waals surface area contributed by atoms with Crippen molar-refractivity contribution in [3.63, 3.8) is 0 Å². The van der Waals surface area contributed by atoms with E-state index in [0.717, 1.165) is 5.69 Å². The predicted molar refractivity (Wildman–Crippen MR) is 65.4 cm³/mol. The van der Waals surface area contributed by atoms with Gasteiger partial charge in [-0.05, 0) is 31.4 Å². The molecule has 0 spiro atoms. The summed E-state index contributed by atoms with van der Waals surface area (Å²) in [6.45, 7) is 10.9. The zero-order valence-corrected chi connectivity index (χ0v) is 10.3. The van der Waals surface area contributed by atoms with E-state index in [1.54, 1.807) is 6.20 Å². The van der Waals surface area contributed by atoms with Gasteiger partial charge in [-0.1, -0.05) is 26.8 Å². The van der Waals surface area contributed by atoms with Gasteiger partial charge in [0.05, 0.1) is 11.2 Å². The van der Waals surface area contributed by atoms with E-state index in [2.05, 4.69) is 44.6 Å². The molecule has 0 saturated heterocycles. The monoisotopic (exact) mass is 204 g/mol. The Morgan fingerprint density at radius 3 is 2.27 bits per heavy atom. The molecule has 0 unspecified atom stereocenters. The van der Waals surface area contributed by atoms with Crippen molar-refractivity contribution in [2.75, 3.05) is 0 Å². The Morgan fingerprint density at radius 1 is 1.13 bits per heavy atom. The molecule has 15 heavy (non-hydrogen) atoms. The van der Waals surface area contributed by atoms with Crippen LogP contribution < -0.4 is 0 Å². The molecule has 0 aliphatic heterocycles. The largest absolute Gasteiger partial charge is 0.284 e. The van der Waals surface area contributed by atoms with Crippen molar-refractivity contribution >= 4 is 6.21 Å². The summed E-state index contributed by atoms with van der Waals surface area (Å²) in [6.07, 6.45) is 3.64. The highest BCUT2D eigenvalue weighted by atomic mass is 14.9. The molecule has 1 rings (SSSR count). The summed E-state index contributed by atoms with van der Waals surface area (Å²) in [5.74, 6) is 0. The molecular formula is C13H20N2. The van der Waals surface area contributed by atoms with E-state index < -0.39 is 0 Å². The fourth-order valence-corrected chi connectivity index (χ4v) is 0.873. The van der Waals surface area contributed by atoms with Crippen molar-refractivity contribution in [2.24, 2.45) is 10.4 Å². The highest BCUT2D eigenvalue weighted by Crippen LogP contribution is 2.32. The molecule has 0 aromatic carbocycles. The summed E-state index contributed by atoms with van der Waals surface area (Å²) >= 11 is 0. The minimum absolute atomic E-state index is 0.0788. The molecule has 0 aliphatic rings. The molecule has 0 N–H and O–H groups in total. The van der Waals surface area contributed by atoms with Crippen molar-refractivity contribution in [3.8, 4) is 0 Å². The lowest BCUT2D eigenvalue weighted by Gasteiger charge is -2.34. The summed E-state index contributed by atoms with van der Waals surface area (Å²) in [5, 5.41) is 0. The first-order valence-electron chi connectivity index (χ1n) is 5.29. The van der Waals surface area contributed by atoms with E-state index in [-0.39, 0.29) is 11.0 Å². The molecule has 82 valence electrons. The third kappa shape index (κ3) is 3.15. The van der Waals surface area contributed by atoms with Gasteiger partial charge >= 0.3 is 0 Å². The Hall–Kier alpha value is -1.18. The fourth-order valence-electron chi connectivity index (χ4n) is 0.873. The van der Waals surface area contributed by atoms with Crippen molar-refractivity contribution in [1.82, 2.24) is 4.98 Å². The Balaban J connectivity index is 2.83. The van der Waals surface area contributed by atoms with Crippen LogP contribution in [-0.2, 0) is 0 Å². The molecule has 0 bridgehead atoms. The first kappa shape index (κ1) is 11.9. The number of hydrogen-bond acceptors (Lipinski definition) is 2. The normalized spacial score (nSPS) is 13.4. The van der Waals surface area contributed by atoms with Gasteiger partial charge in [-0.3, -0.25) is 9.98 Å². The van der Waals surface area contributed by atoms with Crippen LogP contribution in [-0.4, -0.2) is 16.7 Å². The minimum Gasteiger partial charge on any atom is -0.284 e. The first-order chi connectivity index (χ1) is 6.83. The average molecular weight is 204 g/mol. The summed E-state index contributed by atoms with van der Waals surface area (Å²) in [4.78, 5) is 8.82. The summed E-state index contributed by atoms with van der Waals surface area (Å²) in [5.41, 5.74) is 0.984. The van der Waals surface area contributed by atoms with Crippen LogP contribution in [0.3, 0.4) is 0 Å². The number of aromatic nitrogens is 1. The third-order valence-corrected chi connectivity index (χ3v) is 3.04. The van der Waals surface area contributed by atoms with Crippen molar-refractivity contribution in [3.05, 3.63) is 30.1 Å². The van der Waals surface area contributed by atoms with Crippen molar-refractivity contribution in [2.45, 2.75) is 40.2 Å². The van der Waals surface area contributed by atoms with Gasteiger partial charge in [0.1, 0.15) is 0 Å². The molecule has 0 fully saturated rings. The number of aliphatic imine (C=N–C) groups is 1. The minimum atomic E-state index is -0.0788. The molecule has 2 nitrogen and oxygen atoms in total. The Kier molecular flexibility index (Phi) is 3.28. The van der Waals surface area contributed by atoms with Crippen LogP contribution >= 0.6 is 0 Å². The number of rotatable bonds is 2. The van der Waals surface area contributed by atoms with Gasteiger partial charge in [0.2, 0.25) is 0 Å². The van der Waals surface area contributed by atoms with Crippen molar-refractivity contribution in [1.29, 1.82) is 0 Å². The Morgan fingerprint density at radius 2 is 1.80 bits per heavy atom. The average Bonchev–Trinajstić information content (AvgIpc) is 2.15. The molecule has 0 saturated carbocycles. The second-order valence-electron chi connectivity index (χ2n) is 5.32. The van der Waals surface area contributed by atoms with Crippen molar-refractivity contribution < 1.29 is 0 Å². The van der Waals surface area contributed by atoms with Crippen LogP contribution in [0, 0.1) is 5.41 Å². The highest BCUT2D eigenvalue weighted by molar-refractivity contribution is 5.77. The van der Waals surface area contributed by atoms with Crippen LogP contribution in [0.25, 0.3) is 0 Å². The molecule has 0 atom stereocenters. The zero-order chi connectivity index (χ0) is 11.5. The number of hydrogen-bond donors (Lipinski definition) is 0. The maximum Gasteiger partial charge on any atom is 0.0808 e. The number of nitrogens with zero attached hydrogens (tertiary/aromatic N) is 2. The van der Waals surface area contributed by atoms with Gasteiger partial charge in [-0.2, -0.15) is 0 Å². The van der Waals surface area contributed by atoms with Gasteiger partial charge in [0.25, 0.3) is 0 Å². The molecule has 0 radical (unpaired) electrons. The van der Waals surface area contributed by atoms with E-state index in [1.807, 2.05) is 24.4 Å². The second-order valence-corrected chi connectivity index (χ2v) is 5.32. The smallest absolute Gasteiger partial charge is 0.0808 e. The molecule has 0 amide bonds. The van der Waals surface area contributed by atoms with E-state index >= 15 is 0 Å². The molecule has 2 heteroatoms. The van der Waals surface area contributed by atoms with Crippen LogP contribution in [0.1, 0.15) is 40.3 Å². The topological polar surface area (TPSA) is 25.2 Å². The van der Waals surface area contributed by atoms with Gasteiger partial charge in [0, 0.05) is 12.4 Å². The maximum atomic E-state index is 4.61. The summed E-state index contributed by atoms with van der Waals surface area (Å²) in [7, 11) is 0. The molecule has 1 heterocycles. The fraction of sp³-hybridized carbons (Fsp3) is 0.538. The lowest BCUT2D eigenvalue weighted by molar-refractivity contribution is 0.234. The molecule has 1 aromatic rings. The molecule has 0 aliphatic carbocycles. The Bertz CT molecular complexity index is 331. The highest BCUT2D eigenvalue weighted by Gasteiger charge is 2.31. The Labute approximate surface area is 92.5 Å². The molecular weight excluding hydrogens is 184 g/mol. The summed E-state index contributed by atoms with van der Waals surface area (Å²) in [6, 6.07) is 5.84. The number of pyridine rings is 1. The summed E-state index contributed by atoms with van der Waals surface area (Å²) < 4.78 is 0. The van der Waals surface area contributed by atoms with E-state index in [4.69, 9.17) is 0 Å². The lowest BCUT2D eigenvalue weighted by Crippen LogP contribution is -2.34. The predicted octanol–water partition coefficient (Wildman–Crippen LogP) is 3.33. The van der Waals surface area contributed by atoms with E-state index in [9.17, 15) is 0 Å². The van der Waals surface area contributed by atoms with Crippen LogP contribution in [0.2, 0.25) is 0 Å². The van der Waals surface area contributed by atoms with Gasteiger partial charge in [-0.15, -0.1) is 0 Å². The van der Waals surface area contributed by atoms with Gasteiger partial charge < -0.3 is 0 Å². The van der Waals surface area contributed by atoms with Crippen LogP contribution in [0.5, 0.6) is 0 Å². The maximum absolute atomic E-state index is 4.61. The van der Waals surface area contributed by atoms with E-state index in [0.29, 0.717) is 0 Å². The standard InChI is InChI=1S/C13H20N2/c1-12(2,3)13(4,5)15-10-11-8-6-7-9-14-11/h6-10H,1-5H3. The third-order valence-electron chi connectivity index (χ3n) is 3.04. The molecule has 1 aromatic heterocycles.